The van der Waals surface area contributed by atoms with E-state index in [2.05, 4.69) is 57.7 Å². The first-order chi connectivity index (χ1) is 7.20. The van der Waals surface area contributed by atoms with Crippen LogP contribution in [0, 0.1) is 0 Å². The molecule has 0 spiro atoms. The fraction of sp³-hybridized carbons (Fsp3) is 0.333. The molecular weight excluding hydrogens is 180 g/mol. The van der Waals surface area contributed by atoms with Crippen molar-refractivity contribution in [2.75, 3.05) is 0 Å². The molecule has 0 heteroatoms. The number of rotatable bonds is 4. The Balaban J connectivity index is 3.27. The summed E-state index contributed by atoms with van der Waals surface area (Å²) >= 11 is 0. The average Bonchev–Trinajstić information content (AvgIpc) is 2.21. The van der Waals surface area contributed by atoms with Crippen molar-refractivity contribution >= 4 is 6.08 Å². The van der Waals surface area contributed by atoms with E-state index >= 15 is 0 Å². The van der Waals surface area contributed by atoms with Crippen LogP contribution in [0.4, 0.5) is 0 Å². The summed E-state index contributed by atoms with van der Waals surface area (Å²) in [5.41, 5.74) is 4.16. The van der Waals surface area contributed by atoms with E-state index in [9.17, 15) is 0 Å². The van der Waals surface area contributed by atoms with Crippen LogP contribution in [0.2, 0.25) is 0 Å². The molecule has 0 nitrogen and oxygen atoms in total. The largest absolute Gasteiger partial charge is 0.103 e. The monoisotopic (exact) mass is 200 g/mol. The van der Waals surface area contributed by atoms with Crippen LogP contribution in [-0.2, 0) is 6.42 Å². The van der Waals surface area contributed by atoms with Gasteiger partial charge in [-0.25, -0.2) is 0 Å². The van der Waals surface area contributed by atoms with Crippen LogP contribution in [0.3, 0.4) is 0 Å². The van der Waals surface area contributed by atoms with Gasteiger partial charge in [0, 0.05) is 0 Å². The van der Waals surface area contributed by atoms with Gasteiger partial charge >= 0.3 is 0 Å². The van der Waals surface area contributed by atoms with E-state index in [0.717, 1.165) is 6.42 Å². The van der Waals surface area contributed by atoms with E-state index in [0.29, 0.717) is 5.92 Å². The third-order valence-electron chi connectivity index (χ3n) is 2.55. The lowest BCUT2D eigenvalue weighted by atomic mass is 9.92. The Bertz CT molecular complexity index is 356. The normalized spacial score (nSPS) is 11.2. The van der Waals surface area contributed by atoms with Gasteiger partial charge in [0.2, 0.25) is 0 Å². The molecule has 1 rings (SSSR count). The lowest BCUT2D eigenvalue weighted by Crippen LogP contribution is -1.96. The molecule has 0 saturated carbocycles. The highest BCUT2D eigenvalue weighted by Gasteiger charge is 2.07. The molecule has 0 heterocycles. The molecular formula is C15H20. The lowest BCUT2D eigenvalue weighted by molar-refractivity contribution is 0.860. The zero-order chi connectivity index (χ0) is 11.3. The SMILES string of the molecule is C=CCc1cccc(C(C)C)c1/C=C\C. The van der Waals surface area contributed by atoms with Gasteiger partial charge in [-0.15, -0.1) is 6.58 Å². The molecule has 0 atom stereocenters. The van der Waals surface area contributed by atoms with Gasteiger partial charge in [-0.2, -0.15) is 0 Å². The smallest absolute Gasteiger partial charge is 0.00941 e. The molecule has 0 radical (unpaired) electrons. The summed E-state index contributed by atoms with van der Waals surface area (Å²) in [7, 11) is 0. The molecule has 15 heavy (non-hydrogen) atoms. The third kappa shape index (κ3) is 2.82. The second-order valence-corrected chi connectivity index (χ2v) is 4.07. The zero-order valence-electron chi connectivity index (χ0n) is 9.96. The van der Waals surface area contributed by atoms with Crippen molar-refractivity contribution in [1.29, 1.82) is 0 Å². The van der Waals surface area contributed by atoms with Gasteiger partial charge in [-0.1, -0.05) is 50.3 Å². The van der Waals surface area contributed by atoms with Crippen LogP contribution >= 0.6 is 0 Å². The second kappa shape index (κ2) is 5.55. The first-order valence-corrected chi connectivity index (χ1v) is 5.56. The maximum absolute atomic E-state index is 3.81. The van der Waals surface area contributed by atoms with Crippen LogP contribution < -0.4 is 0 Å². The summed E-state index contributed by atoms with van der Waals surface area (Å²) in [6.07, 6.45) is 7.22. The quantitative estimate of drug-likeness (QED) is 0.624. The molecule has 0 aliphatic rings. The number of benzene rings is 1. The summed E-state index contributed by atoms with van der Waals surface area (Å²) < 4.78 is 0. The summed E-state index contributed by atoms with van der Waals surface area (Å²) in [6, 6.07) is 6.54. The van der Waals surface area contributed by atoms with E-state index in [1.54, 1.807) is 0 Å². The molecule has 0 aromatic heterocycles. The van der Waals surface area contributed by atoms with Crippen LogP contribution in [0.5, 0.6) is 0 Å². The van der Waals surface area contributed by atoms with Crippen molar-refractivity contribution < 1.29 is 0 Å². The van der Waals surface area contributed by atoms with Crippen LogP contribution in [-0.4, -0.2) is 0 Å². The first kappa shape index (κ1) is 11.8. The van der Waals surface area contributed by atoms with Gasteiger partial charge < -0.3 is 0 Å². The number of hydrogen-bond donors (Lipinski definition) is 0. The molecule has 0 amide bonds. The molecule has 0 bridgehead atoms. The van der Waals surface area contributed by atoms with Crippen LogP contribution in [0.25, 0.3) is 6.08 Å². The van der Waals surface area contributed by atoms with Crippen molar-refractivity contribution in [2.45, 2.75) is 33.1 Å². The maximum Gasteiger partial charge on any atom is -0.00941 e. The minimum absolute atomic E-state index is 0.570. The fourth-order valence-electron chi connectivity index (χ4n) is 1.84. The Kier molecular flexibility index (Phi) is 4.36. The second-order valence-electron chi connectivity index (χ2n) is 4.07. The predicted octanol–water partition coefficient (Wildman–Crippen LogP) is 4.57. The summed E-state index contributed by atoms with van der Waals surface area (Å²) in [5.74, 6) is 0.570. The number of allylic oxidation sites excluding steroid dienone is 2. The molecule has 0 N–H and O–H groups in total. The van der Waals surface area contributed by atoms with Gasteiger partial charge in [-0.05, 0) is 36.0 Å². The van der Waals surface area contributed by atoms with E-state index in [1.807, 2.05) is 6.08 Å². The molecule has 0 unspecified atom stereocenters. The van der Waals surface area contributed by atoms with Crippen molar-refractivity contribution in [1.82, 2.24) is 0 Å². The predicted molar refractivity (Wildman–Crippen MR) is 69.1 cm³/mol. The van der Waals surface area contributed by atoms with Gasteiger partial charge in [-0.3, -0.25) is 0 Å². The molecule has 80 valence electrons. The van der Waals surface area contributed by atoms with Crippen LogP contribution in [0.15, 0.2) is 36.9 Å². The molecule has 1 aromatic rings. The third-order valence-corrected chi connectivity index (χ3v) is 2.55. The summed E-state index contributed by atoms with van der Waals surface area (Å²) in [6.45, 7) is 10.3. The number of hydrogen-bond acceptors (Lipinski definition) is 0. The highest BCUT2D eigenvalue weighted by Crippen LogP contribution is 2.24. The van der Waals surface area contributed by atoms with E-state index in [-0.39, 0.29) is 0 Å². The van der Waals surface area contributed by atoms with E-state index < -0.39 is 0 Å². The molecule has 0 fully saturated rings. The Morgan fingerprint density at radius 1 is 1.33 bits per heavy atom. The zero-order valence-corrected chi connectivity index (χ0v) is 9.96. The van der Waals surface area contributed by atoms with Gasteiger partial charge in [0.05, 0.1) is 0 Å². The Morgan fingerprint density at radius 2 is 2.07 bits per heavy atom. The highest BCUT2D eigenvalue weighted by atomic mass is 14.1. The summed E-state index contributed by atoms with van der Waals surface area (Å²) in [4.78, 5) is 0. The summed E-state index contributed by atoms with van der Waals surface area (Å²) in [5, 5.41) is 0. The molecule has 1 aromatic carbocycles. The first-order valence-electron chi connectivity index (χ1n) is 5.56. The lowest BCUT2D eigenvalue weighted by Gasteiger charge is -2.13. The van der Waals surface area contributed by atoms with E-state index in [1.165, 1.54) is 16.7 Å². The Labute approximate surface area is 93.3 Å². The highest BCUT2D eigenvalue weighted by molar-refractivity contribution is 5.59. The molecule has 0 aliphatic carbocycles. The maximum atomic E-state index is 3.81. The van der Waals surface area contributed by atoms with Crippen molar-refractivity contribution in [3.8, 4) is 0 Å². The Hall–Kier alpha value is -1.30. The molecule has 0 aliphatic heterocycles. The molecule has 0 saturated heterocycles. The minimum Gasteiger partial charge on any atom is -0.103 e. The standard InChI is InChI=1S/C15H20/c1-5-8-13-10-7-11-14(12(3)4)15(13)9-6-2/h5-7,9-12H,1,8H2,2-4H3/b9-6-. The van der Waals surface area contributed by atoms with Gasteiger partial charge in [0.1, 0.15) is 0 Å². The van der Waals surface area contributed by atoms with Gasteiger partial charge in [0.25, 0.3) is 0 Å². The van der Waals surface area contributed by atoms with Gasteiger partial charge in [0.15, 0.2) is 0 Å². The van der Waals surface area contributed by atoms with E-state index in [4.69, 9.17) is 0 Å². The average molecular weight is 200 g/mol. The fourth-order valence-corrected chi connectivity index (χ4v) is 1.84. The minimum atomic E-state index is 0.570. The Morgan fingerprint density at radius 3 is 2.60 bits per heavy atom. The van der Waals surface area contributed by atoms with Crippen molar-refractivity contribution in [3.05, 3.63) is 53.6 Å². The van der Waals surface area contributed by atoms with Crippen LogP contribution in [0.1, 0.15) is 43.4 Å². The van der Waals surface area contributed by atoms with Crippen molar-refractivity contribution in [3.63, 3.8) is 0 Å². The topological polar surface area (TPSA) is 0 Å². The van der Waals surface area contributed by atoms with Crippen molar-refractivity contribution in [2.24, 2.45) is 0 Å².